The van der Waals surface area contributed by atoms with Crippen LogP contribution in [0.3, 0.4) is 0 Å². The van der Waals surface area contributed by atoms with Crippen molar-refractivity contribution in [2.75, 3.05) is 6.61 Å². The molecule has 7 heteroatoms. The number of para-hydroxylation sites is 1. The topological polar surface area (TPSA) is 94.8 Å². The number of aryl methyl sites for hydroxylation is 1. The van der Waals surface area contributed by atoms with Crippen molar-refractivity contribution in [3.8, 4) is 5.75 Å². The standard InChI is InChI=1S/C33H35NO6/c1-4-39-33(22-35,26-15-11-24(12-16-26)20-23(2)3)40-27-17-13-25(14-18-27)32(38)29-21-34(19-7-10-31(36)37)30-9-6-5-8-28(29)30/h5-6,8-9,11-18,21-23H,4,7,10,19-20H2,1-3H3,(H,36,37). The maximum Gasteiger partial charge on any atom is 0.303 e. The van der Waals surface area contributed by atoms with E-state index in [1.165, 1.54) is 5.56 Å². The maximum atomic E-state index is 13.5. The van der Waals surface area contributed by atoms with E-state index in [0.29, 0.717) is 47.6 Å². The number of carboxylic acids is 1. The van der Waals surface area contributed by atoms with E-state index in [1.54, 1.807) is 37.4 Å². The Morgan fingerprint density at radius 2 is 1.70 bits per heavy atom. The smallest absolute Gasteiger partial charge is 0.303 e. The molecule has 40 heavy (non-hydrogen) atoms. The Labute approximate surface area is 234 Å². The van der Waals surface area contributed by atoms with Gasteiger partial charge in [0.1, 0.15) is 5.75 Å². The highest BCUT2D eigenvalue weighted by molar-refractivity contribution is 6.16. The minimum absolute atomic E-state index is 0.0589. The summed E-state index contributed by atoms with van der Waals surface area (Å²) in [5.41, 5.74) is 3.64. The van der Waals surface area contributed by atoms with Gasteiger partial charge in [0.25, 0.3) is 5.79 Å². The second-order valence-corrected chi connectivity index (χ2v) is 10.2. The molecule has 208 valence electrons. The number of hydrogen-bond acceptors (Lipinski definition) is 5. The molecule has 1 N–H and O–H groups in total. The molecule has 1 atom stereocenters. The van der Waals surface area contributed by atoms with Crippen molar-refractivity contribution in [3.63, 3.8) is 0 Å². The molecule has 1 heterocycles. The number of hydrogen-bond donors (Lipinski definition) is 1. The van der Waals surface area contributed by atoms with E-state index >= 15 is 0 Å². The van der Waals surface area contributed by atoms with E-state index < -0.39 is 11.8 Å². The molecule has 0 aliphatic rings. The monoisotopic (exact) mass is 541 g/mol. The van der Waals surface area contributed by atoms with Gasteiger partial charge < -0.3 is 19.1 Å². The second-order valence-electron chi connectivity index (χ2n) is 10.2. The van der Waals surface area contributed by atoms with E-state index in [9.17, 15) is 14.4 Å². The fraction of sp³-hybridized carbons (Fsp3) is 0.303. The Kier molecular flexibility index (Phi) is 9.17. The van der Waals surface area contributed by atoms with E-state index in [0.717, 1.165) is 17.3 Å². The van der Waals surface area contributed by atoms with E-state index in [4.69, 9.17) is 14.6 Å². The molecule has 0 aliphatic carbocycles. The molecule has 1 unspecified atom stereocenters. The van der Waals surface area contributed by atoms with Crippen LogP contribution in [0.4, 0.5) is 0 Å². The lowest BCUT2D eigenvalue weighted by molar-refractivity contribution is -0.184. The van der Waals surface area contributed by atoms with E-state index in [1.807, 2.05) is 53.1 Å². The van der Waals surface area contributed by atoms with Gasteiger partial charge in [0, 0.05) is 53.4 Å². The minimum atomic E-state index is -1.61. The molecule has 7 nitrogen and oxygen atoms in total. The van der Waals surface area contributed by atoms with E-state index in [-0.39, 0.29) is 18.8 Å². The van der Waals surface area contributed by atoms with Crippen molar-refractivity contribution >= 4 is 28.9 Å². The quantitative estimate of drug-likeness (QED) is 0.113. The Morgan fingerprint density at radius 3 is 2.33 bits per heavy atom. The van der Waals surface area contributed by atoms with Crippen molar-refractivity contribution in [3.05, 3.63) is 101 Å². The SMILES string of the molecule is CCOC(C=O)(Oc1ccc(C(=O)c2cn(CCCC(=O)O)c3ccccc23)cc1)c1ccc(CC(C)C)cc1. The fourth-order valence-corrected chi connectivity index (χ4v) is 4.88. The van der Waals surface area contributed by atoms with Crippen molar-refractivity contribution < 1.29 is 29.0 Å². The molecule has 0 amide bonds. The first kappa shape index (κ1) is 28.8. The van der Waals surface area contributed by atoms with Gasteiger partial charge in [0.15, 0.2) is 12.1 Å². The third kappa shape index (κ3) is 6.49. The molecule has 4 aromatic rings. The van der Waals surface area contributed by atoms with Crippen LogP contribution < -0.4 is 4.74 Å². The molecule has 1 aromatic heterocycles. The average Bonchev–Trinajstić information content (AvgIpc) is 3.31. The van der Waals surface area contributed by atoms with Gasteiger partial charge in [0.2, 0.25) is 0 Å². The number of fused-ring (bicyclic) bond motifs is 1. The zero-order valence-electron chi connectivity index (χ0n) is 23.1. The molecular weight excluding hydrogens is 506 g/mol. The lowest BCUT2D eigenvalue weighted by atomic mass is 9.99. The summed E-state index contributed by atoms with van der Waals surface area (Å²) >= 11 is 0. The van der Waals surface area contributed by atoms with Crippen LogP contribution in [0.1, 0.15) is 60.7 Å². The number of ether oxygens (including phenoxy) is 2. The molecule has 0 bridgehead atoms. The van der Waals surface area contributed by atoms with Crippen LogP contribution in [0.25, 0.3) is 10.9 Å². The van der Waals surface area contributed by atoms with Gasteiger partial charge in [-0.15, -0.1) is 0 Å². The number of aromatic nitrogens is 1. The lowest BCUT2D eigenvalue weighted by Crippen LogP contribution is -2.38. The van der Waals surface area contributed by atoms with Crippen molar-refractivity contribution in [2.24, 2.45) is 5.92 Å². The van der Waals surface area contributed by atoms with Gasteiger partial charge in [0.05, 0.1) is 0 Å². The summed E-state index contributed by atoms with van der Waals surface area (Å²) in [7, 11) is 0. The number of nitrogens with zero attached hydrogens (tertiary/aromatic N) is 1. The molecule has 0 saturated heterocycles. The van der Waals surface area contributed by atoms with Crippen LogP contribution in [-0.4, -0.2) is 34.3 Å². The highest BCUT2D eigenvalue weighted by Gasteiger charge is 2.36. The third-order valence-electron chi connectivity index (χ3n) is 6.72. The van der Waals surface area contributed by atoms with Crippen LogP contribution in [0.2, 0.25) is 0 Å². The molecule has 0 aliphatic heterocycles. The summed E-state index contributed by atoms with van der Waals surface area (Å²) in [6.07, 6.45) is 3.90. The predicted molar refractivity (Wildman–Crippen MR) is 154 cm³/mol. The number of ketones is 1. The summed E-state index contributed by atoms with van der Waals surface area (Å²) < 4.78 is 13.9. The Hall–Kier alpha value is -4.23. The normalized spacial score (nSPS) is 12.8. The largest absolute Gasteiger partial charge is 0.481 e. The summed E-state index contributed by atoms with van der Waals surface area (Å²) in [6.45, 7) is 6.87. The Morgan fingerprint density at radius 1 is 1.00 bits per heavy atom. The summed E-state index contributed by atoms with van der Waals surface area (Å²) in [5.74, 6) is -1.72. The summed E-state index contributed by atoms with van der Waals surface area (Å²) in [6, 6.07) is 21.9. The van der Waals surface area contributed by atoms with Crippen LogP contribution in [0, 0.1) is 5.92 Å². The number of carboxylic acid groups (broad SMARTS) is 1. The highest BCUT2D eigenvalue weighted by Crippen LogP contribution is 2.30. The first-order chi connectivity index (χ1) is 19.3. The number of aliphatic carboxylic acids is 1. The van der Waals surface area contributed by atoms with Gasteiger partial charge >= 0.3 is 5.97 Å². The van der Waals surface area contributed by atoms with E-state index in [2.05, 4.69) is 13.8 Å². The lowest BCUT2D eigenvalue weighted by Gasteiger charge is -2.29. The van der Waals surface area contributed by atoms with Crippen molar-refractivity contribution in [1.82, 2.24) is 4.57 Å². The van der Waals surface area contributed by atoms with Crippen LogP contribution in [0.15, 0.2) is 79.0 Å². The second kappa shape index (κ2) is 12.7. The van der Waals surface area contributed by atoms with Gasteiger partial charge in [-0.05, 0) is 61.6 Å². The fourth-order valence-electron chi connectivity index (χ4n) is 4.88. The molecular formula is C33H35NO6. The van der Waals surface area contributed by atoms with Crippen molar-refractivity contribution in [2.45, 2.75) is 52.4 Å². The maximum absolute atomic E-state index is 13.5. The molecule has 0 fully saturated rings. The Bertz CT molecular complexity index is 1470. The molecule has 0 saturated carbocycles. The molecule has 0 radical (unpaired) electrons. The predicted octanol–water partition coefficient (Wildman–Crippen LogP) is 6.40. The minimum Gasteiger partial charge on any atom is -0.481 e. The highest BCUT2D eigenvalue weighted by atomic mass is 16.7. The summed E-state index contributed by atoms with van der Waals surface area (Å²) in [5, 5.41) is 9.79. The van der Waals surface area contributed by atoms with Crippen LogP contribution in [0.5, 0.6) is 5.75 Å². The number of carbonyl (C=O) groups excluding carboxylic acids is 2. The first-order valence-corrected chi connectivity index (χ1v) is 13.6. The number of rotatable bonds is 14. The van der Waals surface area contributed by atoms with Gasteiger partial charge in [-0.2, -0.15) is 0 Å². The molecule has 3 aromatic carbocycles. The third-order valence-corrected chi connectivity index (χ3v) is 6.72. The van der Waals surface area contributed by atoms with Crippen LogP contribution >= 0.6 is 0 Å². The molecule has 0 spiro atoms. The van der Waals surface area contributed by atoms with Gasteiger partial charge in [-0.1, -0.05) is 56.3 Å². The average molecular weight is 542 g/mol. The zero-order chi connectivity index (χ0) is 28.7. The number of aldehydes is 1. The summed E-state index contributed by atoms with van der Waals surface area (Å²) in [4.78, 5) is 36.8. The van der Waals surface area contributed by atoms with Gasteiger partial charge in [-0.3, -0.25) is 14.4 Å². The van der Waals surface area contributed by atoms with Crippen LogP contribution in [-0.2, 0) is 33.1 Å². The Balaban J connectivity index is 1.57. The molecule has 4 rings (SSSR count). The number of carbonyl (C=O) groups is 3. The zero-order valence-corrected chi connectivity index (χ0v) is 23.1. The van der Waals surface area contributed by atoms with Gasteiger partial charge in [-0.25, -0.2) is 0 Å². The first-order valence-electron chi connectivity index (χ1n) is 13.6. The number of benzene rings is 3. The van der Waals surface area contributed by atoms with Crippen molar-refractivity contribution in [1.29, 1.82) is 0 Å².